The molecule has 0 aliphatic carbocycles. The summed E-state index contributed by atoms with van der Waals surface area (Å²) in [6.45, 7) is 1.78. The first-order chi connectivity index (χ1) is 6.87. The van der Waals surface area contributed by atoms with Gasteiger partial charge in [0.1, 0.15) is 0 Å². The predicted molar refractivity (Wildman–Crippen MR) is 51.5 cm³/mol. The molecule has 0 atom stereocenters. The Morgan fingerprint density at radius 3 is 2.79 bits per heavy atom. The van der Waals surface area contributed by atoms with Gasteiger partial charge in [-0.25, -0.2) is 0 Å². The Balaban J connectivity index is 2.27. The van der Waals surface area contributed by atoms with Crippen LogP contribution in [-0.4, -0.2) is 24.7 Å². The quantitative estimate of drug-likeness (QED) is 0.766. The van der Waals surface area contributed by atoms with Gasteiger partial charge in [-0.3, -0.25) is 4.98 Å². The zero-order valence-electron chi connectivity index (χ0n) is 7.98. The van der Waals surface area contributed by atoms with Crippen molar-refractivity contribution in [3.63, 3.8) is 0 Å². The average Bonchev–Trinajstić information content (AvgIpc) is 2.70. The summed E-state index contributed by atoms with van der Waals surface area (Å²) in [5.74, 6) is -0.650. The Kier molecular flexibility index (Phi) is 2.77. The Labute approximate surface area is 83.0 Å². The molecule has 4 nitrogen and oxygen atoms in total. The summed E-state index contributed by atoms with van der Waals surface area (Å²) in [5.41, 5.74) is 6.50. The highest BCUT2D eigenvalue weighted by Crippen LogP contribution is 2.33. The lowest BCUT2D eigenvalue weighted by Gasteiger charge is -2.26. The highest BCUT2D eigenvalue weighted by molar-refractivity contribution is 5.16. The highest BCUT2D eigenvalue weighted by Gasteiger charge is 2.37. The molecule has 1 aromatic rings. The monoisotopic (exact) mass is 194 g/mol. The fourth-order valence-electron chi connectivity index (χ4n) is 1.69. The molecule has 0 bridgehead atoms. The molecule has 2 rings (SSSR count). The number of hydrogen-bond acceptors (Lipinski definition) is 4. The van der Waals surface area contributed by atoms with Crippen molar-refractivity contribution < 1.29 is 9.47 Å². The Hall–Kier alpha value is -0.970. The summed E-state index contributed by atoms with van der Waals surface area (Å²) >= 11 is 0. The second-order valence-electron chi connectivity index (χ2n) is 3.23. The second kappa shape index (κ2) is 4.04. The summed E-state index contributed by atoms with van der Waals surface area (Å²) in [5, 5.41) is 0. The number of ether oxygens (including phenoxy) is 2. The van der Waals surface area contributed by atoms with Gasteiger partial charge in [-0.1, -0.05) is 6.07 Å². The molecule has 14 heavy (non-hydrogen) atoms. The SMILES string of the molecule is NCCC1(c2cccnc2)OCCO1. The molecule has 76 valence electrons. The van der Waals surface area contributed by atoms with Crippen molar-refractivity contribution in [2.45, 2.75) is 12.2 Å². The van der Waals surface area contributed by atoms with Gasteiger partial charge in [0.2, 0.25) is 0 Å². The largest absolute Gasteiger partial charge is 0.343 e. The molecular weight excluding hydrogens is 180 g/mol. The summed E-state index contributed by atoms with van der Waals surface area (Å²) < 4.78 is 11.2. The topological polar surface area (TPSA) is 57.4 Å². The minimum Gasteiger partial charge on any atom is -0.343 e. The van der Waals surface area contributed by atoms with E-state index in [4.69, 9.17) is 15.2 Å². The Morgan fingerprint density at radius 1 is 1.43 bits per heavy atom. The smallest absolute Gasteiger partial charge is 0.197 e. The van der Waals surface area contributed by atoms with E-state index in [0.29, 0.717) is 26.2 Å². The average molecular weight is 194 g/mol. The van der Waals surface area contributed by atoms with E-state index in [2.05, 4.69) is 4.98 Å². The van der Waals surface area contributed by atoms with Crippen LogP contribution in [0.25, 0.3) is 0 Å². The minimum atomic E-state index is -0.650. The lowest BCUT2D eigenvalue weighted by Crippen LogP contribution is -2.30. The van der Waals surface area contributed by atoms with E-state index < -0.39 is 5.79 Å². The third-order valence-electron chi connectivity index (χ3n) is 2.33. The van der Waals surface area contributed by atoms with Crippen LogP contribution < -0.4 is 5.73 Å². The highest BCUT2D eigenvalue weighted by atomic mass is 16.7. The molecule has 2 heterocycles. The van der Waals surface area contributed by atoms with Crippen LogP contribution in [0, 0.1) is 0 Å². The molecule has 1 fully saturated rings. The van der Waals surface area contributed by atoms with E-state index in [1.807, 2.05) is 12.1 Å². The van der Waals surface area contributed by atoms with Crippen molar-refractivity contribution in [2.75, 3.05) is 19.8 Å². The molecule has 0 radical (unpaired) electrons. The van der Waals surface area contributed by atoms with Crippen molar-refractivity contribution in [2.24, 2.45) is 5.73 Å². The van der Waals surface area contributed by atoms with Gasteiger partial charge in [0, 0.05) is 24.4 Å². The molecule has 1 aliphatic rings. The van der Waals surface area contributed by atoms with Gasteiger partial charge in [-0.2, -0.15) is 0 Å². The predicted octanol–water partition coefficient (Wildman–Crippen LogP) is 0.630. The van der Waals surface area contributed by atoms with Crippen LogP contribution >= 0.6 is 0 Å². The standard InChI is InChI=1S/C10H14N2O2/c11-4-3-10(13-6-7-14-10)9-2-1-5-12-8-9/h1-2,5,8H,3-4,6-7,11H2. The van der Waals surface area contributed by atoms with Gasteiger partial charge in [-0.05, 0) is 12.6 Å². The maximum atomic E-state index is 5.62. The fourth-order valence-corrected chi connectivity index (χ4v) is 1.69. The Bertz CT molecular complexity index is 283. The normalized spacial score (nSPS) is 19.8. The molecule has 0 amide bonds. The van der Waals surface area contributed by atoms with Gasteiger partial charge >= 0.3 is 0 Å². The van der Waals surface area contributed by atoms with E-state index in [-0.39, 0.29) is 0 Å². The van der Waals surface area contributed by atoms with E-state index in [0.717, 1.165) is 5.56 Å². The maximum absolute atomic E-state index is 5.62. The molecule has 0 aromatic carbocycles. The molecule has 0 saturated carbocycles. The van der Waals surface area contributed by atoms with Crippen LogP contribution in [0.5, 0.6) is 0 Å². The van der Waals surface area contributed by atoms with Gasteiger partial charge in [0.15, 0.2) is 5.79 Å². The number of nitrogens with two attached hydrogens (primary N) is 1. The minimum absolute atomic E-state index is 0.537. The lowest BCUT2D eigenvalue weighted by atomic mass is 10.0. The molecule has 0 unspecified atom stereocenters. The number of pyridine rings is 1. The first-order valence-electron chi connectivity index (χ1n) is 4.76. The third-order valence-corrected chi connectivity index (χ3v) is 2.33. The third kappa shape index (κ3) is 1.64. The van der Waals surface area contributed by atoms with Gasteiger partial charge in [0.25, 0.3) is 0 Å². The summed E-state index contributed by atoms with van der Waals surface area (Å²) in [6, 6.07) is 3.83. The zero-order valence-corrected chi connectivity index (χ0v) is 7.98. The fraction of sp³-hybridized carbons (Fsp3) is 0.500. The zero-order chi connectivity index (χ0) is 9.86. The van der Waals surface area contributed by atoms with Crippen LogP contribution in [-0.2, 0) is 15.3 Å². The van der Waals surface area contributed by atoms with E-state index in [1.54, 1.807) is 12.4 Å². The van der Waals surface area contributed by atoms with Gasteiger partial charge in [0.05, 0.1) is 13.2 Å². The van der Waals surface area contributed by atoms with Crippen molar-refractivity contribution in [3.05, 3.63) is 30.1 Å². The first kappa shape index (κ1) is 9.58. The maximum Gasteiger partial charge on any atom is 0.197 e. The molecule has 0 spiro atoms. The van der Waals surface area contributed by atoms with Crippen molar-refractivity contribution in [1.82, 2.24) is 4.98 Å². The van der Waals surface area contributed by atoms with Crippen molar-refractivity contribution >= 4 is 0 Å². The molecule has 1 aromatic heterocycles. The Morgan fingerprint density at radius 2 is 2.21 bits per heavy atom. The number of nitrogens with zero attached hydrogens (tertiary/aromatic N) is 1. The molecular formula is C10H14N2O2. The van der Waals surface area contributed by atoms with Gasteiger partial charge in [-0.15, -0.1) is 0 Å². The second-order valence-corrected chi connectivity index (χ2v) is 3.23. The summed E-state index contributed by atoms with van der Waals surface area (Å²) in [7, 11) is 0. The van der Waals surface area contributed by atoms with Gasteiger partial charge < -0.3 is 15.2 Å². The molecule has 4 heteroatoms. The molecule has 1 aliphatic heterocycles. The molecule has 2 N–H and O–H groups in total. The summed E-state index contributed by atoms with van der Waals surface area (Å²) in [6.07, 6.45) is 4.16. The van der Waals surface area contributed by atoms with E-state index in [9.17, 15) is 0 Å². The van der Waals surface area contributed by atoms with Crippen LogP contribution in [0.2, 0.25) is 0 Å². The lowest BCUT2D eigenvalue weighted by molar-refractivity contribution is -0.169. The van der Waals surface area contributed by atoms with Crippen LogP contribution in [0.4, 0.5) is 0 Å². The number of hydrogen-bond donors (Lipinski definition) is 1. The van der Waals surface area contributed by atoms with E-state index >= 15 is 0 Å². The number of rotatable bonds is 3. The van der Waals surface area contributed by atoms with Crippen LogP contribution in [0.1, 0.15) is 12.0 Å². The van der Waals surface area contributed by atoms with E-state index in [1.165, 1.54) is 0 Å². The number of aromatic nitrogens is 1. The summed E-state index contributed by atoms with van der Waals surface area (Å²) in [4.78, 5) is 4.06. The van der Waals surface area contributed by atoms with Crippen LogP contribution in [0.15, 0.2) is 24.5 Å². The molecule has 1 saturated heterocycles. The van der Waals surface area contributed by atoms with Crippen LogP contribution in [0.3, 0.4) is 0 Å². The van der Waals surface area contributed by atoms with Crippen molar-refractivity contribution in [1.29, 1.82) is 0 Å². The first-order valence-corrected chi connectivity index (χ1v) is 4.76. The van der Waals surface area contributed by atoms with Crippen molar-refractivity contribution in [3.8, 4) is 0 Å².